The Hall–Kier alpha value is -2.40. The zero-order valence-corrected chi connectivity index (χ0v) is 18.6. The van der Waals surface area contributed by atoms with Crippen LogP contribution in [0.4, 0.5) is 28.9 Å². The van der Waals surface area contributed by atoms with Crippen molar-refractivity contribution in [2.24, 2.45) is 0 Å². The van der Waals surface area contributed by atoms with Crippen LogP contribution in [0.2, 0.25) is 0 Å². The summed E-state index contributed by atoms with van der Waals surface area (Å²) in [5, 5.41) is 2.28. The van der Waals surface area contributed by atoms with Gasteiger partial charge in [-0.3, -0.25) is 14.5 Å². The van der Waals surface area contributed by atoms with Crippen LogP contribution >= 0.6 is 15.9 Å². The maximum Gasteiger partial charge on any atom is 0.417 e. The van der Waals surface area contributed by atoms with Gasteiger partial charge in [-0.1, -0.05) is 0 Å². The fourth-order valence-electron chi connectivity index (χ4n) is 3.60. The number of nitrogens with zero attached hydrogens (tertiary/aromatic N) is 2. The third kappa shape index (κ3) is 4.77. The van der Waals surface area contributed by atoms with E-state index in [0.29, 0.717) is 31.0 Å². The summed E-state index contributed by atoms with van der Waals surface area (Å²) < 4.78 is 55.0. The number of hydrogen-bond acceptors (Lipinski definition) is 4. The first-order chi connectivity index (χ1) is 14.4. The second-order valence-corrected chi connectivity index (χ2v) is 8.45. The molecule has 2 heterocycles. The molecule has 0 saturated carbocycles. The monoisotopic (exact) mass is 504 g/mol. The third-order valence-corrected chi connectivity index (χ3v) is 6.10. The largest absolute Gasteiger partial charge is 0.417 e. The first kappa shape index (κ1) is 23.3. The van der Waals surface area contributed by atoms with Crippen molar-refractivity contribution in [3.8, 4) is 0 Å². The number of piperazine rings is 1. The zero-order valence-electron chi connectivity index (χ0n) is 17.0. The highest BCUT2D eigenvalue weighted by Gasteiger charge is 2.36. The van der Waals surface area contributed by atoms with E-state index in [1.165, 1.54) is 6.07 Å². The molecule has 6 nitrogen and oxygen atoms in total. The number of amides is 1. The highest BCUT2D eigenvalue weighted by molar-refractivity contribution is 9.10. The Labute approximate surface area is 184 Å². The molecule has 31 heavy (non-hydrogen) atoms. The molecule has 168 valence electrons. The van der Waals surface area contributed by atoms with Crippen molar-refractivity contribution in [2.75, 3.05) is 30.4 Å². The van der Waals surface area contributed by atoms with E-state index in [2.05, 4.69) is 31.1 Å². The van der Waals surface area contributed by atoms with Gasteiger partial charge in [-0.15, -0.1) is 0 Å². The van der Waals surface area contributed by atoms with Gasteiger partial charge in [-0.2, -0.15) is 13.2 Å². The van der Waals surface area contributed by atoms with Crippen molar-refractivity contribution < 1.29 is 22.4 Å². The quantitative estimate of drug-likeness (QED) is 0.618. The number of rotatable bonds is 3. The highest BCUT2D eigenvalue weighted by Crippen LogP contribution is 2.36. The third-order valence-electron chi connectivity index (χ3n) is 5.49. The zero-order chi connectivity index (χ0) is 23.1. The Balaban J connectivity index is 2.02. The van der Waals surface area contributed by atoms with Crippen LogP contribution in [0.3, 0.4) is 0 Å². The van der Waals surface area contributed by atoms with Gasteiger partial charge >= 0.3 is 6.18 Å². The summed E-state index contributed by atoms with van der Waals surface area (Å²) in [4.78, 5) is 30.2. The van der Waals surface area contributed by atoms with Gasteiger partial charge in [0.2, 0.25) is 5.56 Å². The number of anilines is 2. The van der Waals surface area contributed by atoms with E-state index in [0.717, 1.165) is 0 Å². The number of carbonyl (C=O) groups is 1. The first-order valence-electron chi connectivity index (χ1n) is 9.46. The van der Waals surface area contributed by atoms with Crippen molar-refractivity contribution in [1.29, 1.82) is 0 Å². The lowest BCUT2D eigenvalue weighted by Crippen LogP contribution is -2.55. The summed E-state index contributed by atoms with van der Waals surface area (Å²) in [7, 11) is 1.98. The predicted octanol–water partition coefficient (Wildman–Crippen LogP) is 4.08. The van der Waals surface area contributed by atoms with Gasteiger partial charge in [0, 0.05) is 37.4 Å². The van der Waals surface area contributed by atoms with E-state index in [4.69, 9.17) is 0 Å². The van der Waals surface area contributed by atoms with E-state index in [9.17, 15) is 27.2 Å². The van der Waals surface area contributed by atoms with E-state index < -0.39 is 34.6 Å². The topological polar surface area (TPSA) is 68.4 Å². The van der Waals surface area contributed by atoms with Crippen molar-refractivity contribution in [3.63, 3.8) is 0 Å². The van der Waals surface area contributed by atoms with Crippen LogP contribution in [0.5, 0.6) is 0 Å². The summed E-state index contributed by atoms with van der Waals surface area (Å²) >= 11 is 3.06. The van der Waals surface area contributed by atoms with E-state index in [1.54, 1.807) is 6.07 Å². The lowest BCUT2D eigenvalue weighted by Gasteiger charge is -2.44. The smallest absolute Gasteiger partial charge is 0.367 e. The van der Waals surface area contributed by atoms with Crippen LogP contribution in [-0.4, -0.2) is 48.0 Å². The highest BCUT2D eigenvalue weighted by atomic mass is 79.9. The number of alkyl halides is 3. The van der Waals surface area contributed by atoms with Crippen LogP contribution < -0.4 is 15.8 Å². The van der Waals surface area contributed by atoms with Gasteiger partial charge < -0.3 is 15.2 Å². The number of aromatic amines is 1. The van der Waals surface area contributed by atoms with Gasteiger partial charge in [0.15, 0.2) is 5.82 Å². The molecule has 0 unspecified atom stereocenters. The molecule has 2 aromatic rings. The number of likely N-dealkylation sites (N-methyl/N-ethyl adjacent to an activating group) is 1. The average molecular weight is 505 g/mol. The Morgan fingerprint density at radius 1 is 1.23 bits per heavy atom. The second-order valence-electron chi connectivity index (χ2n) is 7.60. The van der Waals surface area contributed by atoms with Gasteiger partial charge in [0.05, 0.1) is 21.3 Å². The van der Waals surface area contributed by atoms with Gasteiger partial charge in [0.25, 0.3) is 5.91 Å². The average Bonchev–Trinajstić information content (AvgIpc) is 2.68. The van der Waals surface area contributed by atoms with E-state index >= 15 is 0 Å². The standard InChI is InChI=1S/C20H21BrF4N4O2/c1-10-8-29(9-11(2)28(10)3)15-5-4-14(21)17(22)18(15)27-19(31)12-7-26-16(30)6-13(12)20(23,24)25/h4-7,10-11H,8-9H2,1-3H3,(H,26,30)(H,27,31)/t10-,11+. The molecule has 1 aliphatic heterocycles. The molecule has 1 aliphatic rings. The minimum Gasteiger partial charge on any atom is -0.367 e. The normalized spacial score (nSPS) is 20.1. The summed E-state index contributed by atoms with van der Waals surface area (Å²) in [6, 6.07) is 3.65. The van der Waals surface area contributed by atoms with Gasteiger partial charge in [-0.05, 0) is 49.0 Å². The van der Waals surface area contributed by atoms with Gasteiger partial charge in [-0.25, -0.2) is 4.39 Å². The number of H-pyrrole nitrogens is 1. The van der Waals surface area contributed by atoms with Gasteiger partial charge in [0.1, 0.15) is 5.69 Å². The maximum atomic E-state index is 15.0. The summed E-state index contributed by atoms with van der Waals surface area (Å²) in [5.41, 5.74) is -3.08. The SMILES string of the molecule is C[C@@H]1CN(c2ccc(Br)c(F)c2NC(=O)c2c[nH]c(=O)cc2C(F)(F)F)C[C@H](C)N1C. The Kier molecular flexibility index (Phi) is 6.47. The number of carbonyl (C=O) groups excluding carboxylic acids is 1. The lowest BCUT2D eigenvalue weighted by atomic mass is 10.1. The molecule has 0 bridgehead atoms. The molecule has 0 radical (unpaired) electrons. The Morgan fingerprint density at radius 3 is 2.42 bits per heavy atom. The molecule has 1 amide bonds. The van der Waals surface area contributed by atoms with Crippen LogP contribution in [0.1, 0.15) is 29.8 Å². The van der Waals surface area contributed by atoms with Crippen LogP contribution in [0.15, 0.2) is 33.7 Å². The molecule has 1 aromatic heterocycles. The van der Waals surface area contributed by atoms with Crippen molar-refractivity contribution in [2.45, 2.75) is 32.1 Å². The molecule has 1 saturated heterocycles. The molecule has 2 N–H and O–H groups in total. The Morgan fingerprint density at radius 2 is 1.84 bits per heavy atom. The fraction of sp³-hybridized carbons (Fsp3) is 0.400. The molecular formula is C20H21BrF4N4O2. The molecule has 0 spiro atoms. The van der Waals surface area contributed by atoms with Crippen LogP contribution in [-0.2, 0) is 6.18 Å². The lowest BCUT2D eigenvalue weighted by molar-refractivity contribution is -0.138. The molecule has 1 aromatic carbocycles. The number of benzene rings is 1. The molecule has 2 atom stereocenters. The predicted molar refractivity (Wildman–Crippen MR) is 113 cm³/mol. The second kappa shape index (κ2) is 8.62. The summed E-state index contributed by atoms with van der Waals surface area (Å²) in [6.45, 7) is 5.09. The minimum atomic E-state index is -4.93. The number of nitrogens with one attached hydrogen (secondary N) is 2. The van der Waals surface area contributed by atoms with Crippen LogP contribution in [0.25, 0.3) is 0 Å². The minimum absolute atomic E-state index is 0.0549. The Bertz CT molecular complexity index is 1040. The van der Waals surface area contributed by atoms with Crippen molar-refractivity contribution in [1.82, 2.24) is 9.88 Å². The summed E-state index contributed by atoms with van der Waals surface area (Å²) in [6.07, 6.45) is -4.25. The molecular weight excluding hydrogens is 484 g/mol. The fourth-order valence-corrected chi connectivity index (χ4v) is 3.93. The maximum absolute atomic E-state index is 15.0. The first-order valence-corrected chi connectivity index (χ1v) is 10.3. The van der Waals surface area contributed by atoms with Crippen LogP contribution in [0, 0.1) is 5.82 Å². The number of hydrogen-bond donors (Lipinski definition) is 2. The number of halogens is 5. The molecule has 1 fully saturated rings. The number of aromatic nitrogens is 1. The van der Waals surface area contributed by atoms with E-state index in [-0.39, 0.29) is 22.2 Å². The van der Waals surface area contributed by atoms with Crippen molar-refractivity contribution in [3.05, 3.63) is 56.2 Å². The number of pyridine rings is 1. The van der Waals surface area contributed by atoms with Crippen molar-refractivity contribution >= 4 is 33.2 Å². The molecule has 11 heteroatoms. The van der Waals surface area contributed by atoms with E-state index in [1.807, 2.05) is 25.8 Å². The molecule has 0 aliphatic carbocycles. The molecule has 3 rings (SSSR count). The summed E-state index contributed by atoms with van der Waals surface area (Å²) in [5.74, 6) is -1.99.